The molecule has 2 unspecified atom stereocenters. The predicted molar refractivity (Wildman–Crippen MR) is 238 cm³/mol. The van der Waals surface area contributed by atoms with Gasteiger partial charge in [0.05, 0.1) is 13.2 Å². The van der Waals surface area contributed by atoms with E-state index < -0.39 is 32.5 Å². The molecule has 0 radical (unpaired) electrons. The number of carbonyl (C=O) groups excluding carboxylic acids is 2. The van der Waals surface area contributed by atoms with E-state index in [0.29, 0.717) is 19.4 Å². The van der Waals surface area contributed by atoms with Crippen molar-refractivity contribution in [2.24, 2.45) is 0 Å². The molecule has 0 rings (SSSR count). The lowest BCUT2D eigenvalue weighted by molar-refractivity contribution is -0.161. The third-order valence-corrected chi connectivity index (χ3v) is 8.76. The van der Waals surface area contributed by atoms with Crippen molar-refractivity contribution in [1.82, 2.24) is 4.90 Å². The number of phosphoric ester groups is 1. The maximum atomic E-state index is 12.6. The summed E-state index contributed by atoms with van der Waals surface area (Å²) >= 11 is 0. The Hall–Kier alpha value is -3.59. The van der Waals surface area contributed by atoms with Gasteiger partial charge in [0.25, 0.3) is 0 Å². The molecule has 0 aromatic heterocycles. The van der Waals surface area contributed by atoms with Crippen molar-refractivity contribution in [3.63, 3.8) is 0 Å². The molecule has 2 atom stereocenters. The molecule has 0 aliphatic rings. The van der Waals surface area contributed by atoms with Gasteiger partial charge in [0.2, 0.25) is 0 Å². The number of carbonyl (C=O) groups is 2. The van der Waals surface area contributed by atoms with Crippen LogP contribution in [-0.4, -0.2) is 68.3 Å². The van der Waals surface area contributed by atoms with Gasteiger partial charge in [-0.25, -0.2) is 4.57 Å². The fraction of sp³-hybridized carbons (Fsp3) is 0.532. The molecule has 0 bridgehead atoms. The molecule has 0 fully saturated rings. The summed E-state index contributed by atoms with van der Waals surface area (Å²) in [5.41, 5.74) is 0. The van der Waals surface area contributed by atoms with Crippen LogP contribution in [0.1, 0.15) is 117 Å². The lowest BCUT2D eigenvalue weighted by Gasteiger charge is -2.20. The Morgan fingerprint density at radius 1 is 0.544 bits per heavy atom. The standard InChI is InChI=1S/C47H74NO8P/c1-5-7-9-11-13-15-17-19-21-22-23-24-26-28-30-32-34-36-38-40-47(50)56-45(44-55-57(51,52)54-42-41-48(3)4)43-53-46(49)39-37-35-33-31-29-27-25-20-18-16-14-12-10-8-6-2/h7-10,13-16,19-21,23-25,28-31,34,36,45H,5-6,11-12,17-18,22,26-27,32-33,35,37-44H2,1-4H3,(H,51,52)/b9-7-,10-8-,15-13-,16-14-,21-19-,24-23-,25-20-,30-28-,31-29-,36-34-. The maximum Gasteiger partial charge on any atom is 0.472 e. The first-order valence-electron chi connectivity index (χ1n) is 20.8. The first-order chi connectivity index (χ1) is 27.7. The average Bonchev–Trinajstić information content (AvgIpc) is 3.18. The highest BCUT2D eigenvalue weighted by Crippen LogP contribution is 2.43. The predicted octanol–water partition coefficient (Wildman–Crippen LogP) is 12.0. The quantitative estimate of drug-likeness (QED) is 0.0286. The fourth-order valence-electron chi connectivity index (χ4n) is 4.64. The summed E-state index contributed by atoms with van der Waals surface area (Å²) in [4.78, 5) is 36.9. The largest absolute Gasteiger partial charge is 0.472 e. The molecule has 1 N–H and O–H groups in total. The van der Waals surface area contributed by atoms with Crippen LogP contribution in [0.15, 0.2) is 122 Å². The molecule has 9 nitrogen and oxygen atoms in total. The Balaban J connectivity index is 4.55. The number of nitrogens with zero attached hydrogens (tertiary/aromatic N) is 1. The van der Waals surface area contributed by atoms with E-state index in [4.69, 9.17) is 18.5 Å². The Morgan fingerprint density at radius 3 is 1.40 bits per heavy atom. The molecular formula is C47H74NO8P. The topological polar surface area (TPSA) is 112 Å². The molecule has 0 saturated carbocycles. The molecule has 0 heterocycles. The van der Waals surface area contributed by atoms with Crippen molar-refractivity contribution in [1.29, 1.82) is 0 Å². The third-order valence-electron chi connectivity index (χ3n) is 7.78. The highest BCUT2D eigenvalue weighted by Gasteiger charge is 2.26. The highest BCUT2D eigenvalue weighted by atomic mass is 31.2. The minimum atomic E-state index is -4.40. The second-order valence-electron chi connectivity index (χ2n) is 13.4. The lowest BCUT2D eigenvalue weighted by atomic mass is 10.2. The van der Waals surface area contributed by atoms with Crippen LogP contribution in [0.4, 0.5) is 0 Å². The molecule has 320 valence electrons. The van der Waals surface area contributed by atoms with E-state index in [-0.39, 0.29) is 26.1 Å². The number of hydrogen-bond acceptors (Lipinski definition) is 8. The normalized spacial score (nSPS) is 14.6. The monoisotopic (exact) mass is 812 g/mol. The molecular weight excluding hydrogens is 737 g/mol. The molecule has 0 spiro atoms. The zero-order valence-corrected chi connectivity index (χ0v) is 36.4. The molecule has 0 aliphatic carbocycles. The number of phosphoric acid groups is 1. The van der Waals surface area contributed by atoms with Gasteiger partial charge in [0.1, 0.15) is 6.61 Å². The van der Waals surface area contributed by atoms with Crippen LogP contribution in [0.5, 0.6) is 0 Å². The van der Waals surface area contributed by atoms with Gasteiger partial charge < -0.3 is 19.3 Å². The molecule has 10 heteroatoms. The van der Waals surface area contributed by atoms with E-state index in [1.54, 1.807) is 19.0 Å². The SMILES string of the molecule is CC/C=C\C/C=C\C/C=C\C/C=C\C/C=C\C/C=C\CCC(=O)OC(COC(=O)CCCC/C=C\C/C=C\C/C=C\C/C=C\CC)COP(=O)(O)OCCN(C)C. The fourth-order valence-corrected chi connectivity index (χ4v) is 5.38. The number of likely N-dealkylation sites (N-methyl/N-ethyl adjacent to an activating group) is 1. The zero-order valence-electron chi connectivity index (χ0n) is 35.5. The van der Waals surface area contributed by atoms with E-state index >= 15 is 0 Å². The minimum absolute atomic E-state index is 0.0207. The van der Waals surface area contributed by atoms with Gasteiger partial charge >= 0.3 is 19.8 Å². The first kappa shape index (κ1) is 53.4. The van der Waals surface area contributed by atoms with Crippen LogP contribution >= 0.6 is 7.82 Å². The van der Waals surface area contributed by atoms with Crippen LogP contribution in [0, 0.1) is 0 Å². The van der Waals surface area contributed by atoms with Crippen molar-refractivity contribution in [3.8, 4) is 0 Å². The second kappa shape index (κ2) is 40.6. The number of allylic oxidation sites excluding steroid dienone is 20. The molecule has 0 saturated heterocycles. The lowest BCUT2D eigenvalue weighted by Crippen LogP contribution is -2.29. The maximum absolute atomic E-state index is 12.6. The summed E-state index contributed by atoms with van der Waals surface area (Å²) in [6.07, 6.45) is 54.1. The van der Waals surface area contributed by atoms with E-state index in [1.165, 1.54) is 0 Å². The number of ether oxygens (including phenoxy) is 2. The molecule has 57 heavy (non-hydrogen) atoms. The summed E-state index contributed by atoms with van der Waals surface area (Å²) in [7, 11) is -0.787. The van der Waals surface area contributed by atoms with Gasteiger partial charge in [-0.15, -0.1) is 0 Å². The third kappa shape index (κ3) is 41.9. The smallest absolute Gasteiger partial charge is 0.462 e. The number of unbranched alkanes of at least 4 members (excludes halogenated alkanes) is 2. The Morgan fingerprint density at radius 2 is 0.965 bits per heavy atom. The molecule has 0 aliphatic heterocycles. The highest BCUT2D eigenvalue weighted by molar-refractivity contribution is 7.47. The van der Waals surface area contributed by atoms with Gasteiger partial charge in [-0.1, -0.05) is 135 Å². The number of hydrogen-bond donors (Lipinski definition) is 1. The van der Waals surface area contributed by atoms with Gasteiger partial charge in [-0.2, -0.15) is 0 Å². The van der Waals surface area contributed by atoms with Gasteiger partial charge in [-0.05, 0) is 104 Å². The van der Waals surface area contributed by atoms with Crippen molar-refractivity contribution in [2.45, 2.75) is 123 Å². The van der Waals surface area contributed by atoms with E-state index in [9.17, 15) is 19.0 Å². The van der Waals surface area contributed by atoms with E-state index in [0.717, 1.165) is 77.0 Å². The van der Waals surface area contributed by atoms with Crippen molar-refractivity contribution in [3.05, 3.63) is 122 Å². The minimum Gasteiger partial charge on any atom is -0.462 e. The summed E-state index contributed by atoms with van der Waals surface area (Å²) in [5, 5.41) is 0. The average molecular weight is 812 g/mol. The summed E-state index contributed by atoms with van der Waals surface area (Å²) < 4.78 is 33.3. The van der Waals surface area contributed by atoms with Crippen molar-refractivity contribution < 1.29 is 37.6 Å². The van der Waals surface area contributed by atoms with Gasteiger partial charge in [-0.3, -0.25) is 18.6 Å². The van der Waals surface area contributed by atoms with Crippen LogP contribution in [-0.2, 0) is 32.7 Å². The number of esters is 2. The Bertz CT molecular complexity index is 1350. The Kier molecular flexibility index (Phi) is 38.0. The van der Waals surface area contributed by atoms with E-state index in [2.05, 4.69) is 123 Å². The van der Waals surface area contributed by atoms with Gasteiger partial charge in [0, 0.05) is 19.4 Å². The molecule has 0 aromatic rings. The second-order valence-corrected chi connectivity index (χ2v) is 14.8. The van der Waals surface area contributed by atoms with Crippen LogP contribution < -0.4 is 0 Å². The molecule has 0 aromatic carbocycles. The van der Waals surface area contributed by atoms with Crippen molar-refractivity contribution >= 4 is 19.8 Å². The van der Waals surface area contributed by atoms with Crippen LogP contribution in [0.3, 0.4) is 0 Å². The first-order valence-corrected chi connectivity index (χ1v) is 22.3. The summed E-state index contributed by atoms with van der Waals surface area (Å²) in [6, 6.07) is 0. The number of rotatable bonds is 36. The van der Waals surface area contributed by atoms with E-state index in [1.807, 2.05) is 12.2 Å². The van der Waals surface area contributed by atoms with Crippen LogP contribution in [0.2, 0.25) is 0 Å². The summed E-state index contributed by atoms with van der Waals surface area (Å²) in [6.45, 7) is 3.91. The van der Waals surface area contributed by atoms with Crippen molar-refractivity contribution in [2.75, 3.05) is 40.5 Å². The molecule has 0 amide bonds. The Labute approximate surface area is 346 Å². The van der Waals surface area contributed by atoms with Gasteiger partial charge in [0.15, 0.2) is 6.10 Å². The zero-order chi connectivity index (χ0) is 41.9. The van der Waals surface area contributed by atoms with Crippen LogP contribution in [0.25, 0.3) is 0 Å². The summed E-state index contributed by atoms with van der Waals surface area (Å²) in [5.74, 6) is -0.966.